The molecule has 3 aromatic heterocycles. The maximum atomic E-state index is 14.6. The number of carbonyl (C=O) groups is 5. The Morgan fingerprint density at radius 1 is 1.08 bits per heavy atom. The monoisotopic (exact) mass is 1120 g/mol. The van der Waals surface area contributed by atoms with Gasteiger partial charge in [-0.15, -0.1) is 11.3 Å². The molecule has 0 aliphatic carbocycles. The molecule has 4 amide bonds. The maximum absolute atomic E-state index is 14.6. The van der Waals surface area contributed by atoms with Crippen molar-refractivity contribution in [3.63, 3.8) is 0 Å². The summed E-state index contributed by atoms with van der Waals surface area (Å²) < 4.78 is 56.8. The molecule has 400 valence electrons. The maximum Gasteiger partial charge on any atom is 0.406 e. The number of amides is 4. The summed E-state index contributed by atoms with van der Waals surface area (Å²) in [7, 11) is 3.06. The number of halogens is 3. The van der Waals surface area contributed by atoms with E-state index in [-0.39, 0.29) is 118 Å². The second-order valence-corrected chi connectivity index (χ2v) is 19.8. The topological polar surface area (TPSA) is 168 Å². The van der Waals surface area contributed by atoms with Gasteiger partial charge in [0, 0.05) is 79.2 Å². The van der Waals surface area contributed by atoms with Crippen molar-refractivity contribution in [2.24, 2.45) is 17.3 Å². The molecule has 0 spiro atoms. The third-order valence-corrected chi connectivity index (χ3v) is 13.7. The predicted molar refractivity (Wildman–Crippen MR) is 298 cm³/mol. The van der Waals surface area contributed by atoms with Gasteiger partial charge in [0.05, 0.1) is 40.7 Å². The molecule has 1 aromatic carbocycles. The quantitative estimate of drug-likeness (QED) is 0.127. The summed E-state index contributed by atoms with van der Waals surface area (Å²) in [6.45, 7) is 12.1. The summed E-state index contributed by atoms with van der Waals surface area (Å²) in [6.07, 6.45) is -0.992. The zero-order chi connectivity index (χ0) is 48.5. The fourth-order valence-electron chi connectivity index (χ4n) is 9.48. The zero-order valence-electron chi connectivity index (χ0n) is 41.4. The molecule has 3 aliphatic rings. The molecule has 72 heavy (non-hydrogen) atoms. The van der Waals surface area contributed by atoms with Crippen LogP contribution in [0.15, 0.2) is 54.6 Å². The second-order valence-electron chi connectivity index (χ2n) is 18.8. The van der Waals surface area contributed by atoms with Crippen LogP contribution in [0.3, 0.4) is 0 Å². The number of thiazole rings is 1. The summed E-state index contributed by atoms with van der Waals surface area (Å²) in [6, 6.07) is 5.52. The Morgan fingerprint density at radius 3 is 2.44 bits per heavy atom. The molecule has 2 saturated heterocycles. The van der Waals surface area contributed by atoms with E-state index >= 15 is 0 Å². The smallest absolute Gasteiger partial charge is 0.406 e. The largest absolute Gasteiger partial charge is 0.464 e. The first-order valence-corrected chi connectivity index (χ1v) is 23.5. The molecule has 0 radical (unpaired) electrons. The number of likely N-dealkylation sites (tertiary alicyclic amines) is 1. The normalized spacial score (nSPS) is 19.7. The number of hydrogen-bond donors (Lipinski definition) is 2. The number of cyclic esters (lactones) is 1. The minimum Gasteiger partial charge on any atom is -0.464 e. The van der Waals surface area contributed by atoms with E-state index in [4.69, 9.17) is 14.5 Å². The number of carbonyl (C=O) groups excluding carboxylic acids is 5. The number of hydrazine groups is 1. The van der Waals surface area contributed by atoms with E-state index in [0.717, 1.165) is 0 Å². The number of pyridine rings is 1. The fraction of sp³-hybridized carbons (Fsp3) is 0.521. The van der Waals surface area contributed by atoms with Gasteiger partial charge >= 0.3 is 12.1 Å². The highest BCUT2D eigenvalue weighted by molar-refractivity contribution is 7.60. The van der Waals surface area contributed by atoms with E-state index in [1.165, 1.54) is 39.0 Å². The highest BCUT2D eigenvalue weighted by atomic mass is 32.1. The number of methoxy groups -OCH3 is 1. The summed E-state index contributed by atoms with van der Waals surface area (Å²) in [5, 5.41) is 7.10. The van der Waals surface area contributed by atoms with Gasteiger partial charge in [-0.2, -0.15) is 80.6 Å². The van der Waals surface area contributed by atoms with Crippen molar-refractivity contribution < 1.29 is 46.6 Å². The lowest BCUT2D eigenvalue weighted by Crippen LogP contribution is -2.62. The van der Waals surface area contributed by atoms with Crippen LogP contribution in [-0.4, -0.2) is 124 Å². The summed E-state index contributed by atoms with van der Waals surface area (Å²) >= 11 is 1.26. The van der Waals surface area contributed by atoms with Crippen LogP contribution in [0.25, 0.3) is 33.4 Å². The number of nitrogens with one attached hydrogen (secondary N) is 2. The first-order chi connectivity index (χ1) is 31.7. The zero-order valence-corrected chi connectivity index (χ0v) is 47.3. The number of benzene rings is 1. The number of aromatic nitrogens is 3. The van der Waals surface area contributed by atoms with E-state index in [2.05, 4.69) is 22.3 Å². The number of likely N-dealkylation sites (N-methyl/N-ethyl adjacent to an activating group) is 1. The van der Waals surface area contributed by atoms with E-state index in [0.29, 0.717) is 75.5 Å². The van der Waals surface area contributed by atoms with Crippen LogP contribution < -0.4 is 10.7 Å². The van der Waals surface area contributed by atoms with Crippen molar-refractivity contribution in [3.05, 3.63) is 70.8 Å². The van der Waals surface area contributed by atoms with Crippen LogP contribution in [-0.2, 0) is 52.8 Å². The Labute approximate surface area is 458 Å². The first kappa shape index (κ1) is 64.2. The summed E-state index contributed by atoms with van der Waals surface area (Å²) in [5.74, 6) is -3.17. The van der Waals surface area contributed by atoms with Crippen molar-refractivity contribution in [2.75, 3.05) is 40.4 Å². The number of alkyl halides is 3. The number of esters is 1. The molecule has 5 atom stereocenters. The second kappa shape index (κ2) is 26.5. The van der Waals surface area contributed by atoms with Gasteiger partial charge in [-0.25, -0.2) is 10.4 Å². The van der Waals surface area contributed by atoms with Crippen molar-refractivity contribution in [3.8, 4) is 22.5 Å². The molecule has 2 fully saturated rings. The Bertz CT molecular complexity index is 2560. The number of fused-ring (bicyclic) bond motifs is 6. The summed E-state index contributed by atoms with van der Waals surface area (Å²) in [4.78, 5) is 81.4. The molecule has 2 N–H and O–H groups in total. The van der Waals surface area contributed by atoms with Crippen molar-refractivity contribution in [1.29, 1.82) is 0 Å². The minimum absolute atomic E-state index is 0. The third kappa shape index (κ3) is 14.3. The predicted octanol–water partition coefficient (Wildman–Crippen LogP) is 6.83. The molecule has 6 bridgehead atoms. The van der Waals surface area contributed by atoms with Gasteiger partial charge in [0.1, 0.15) is 24.7 Å². The Morgan fingerprint density at radius 2 is 1.79 bits per heavy atom. The number of nitrogens with zero attached hydrogens (tertiary/aromatic N) is 6. The van der Waals surface area contributed by atoms with E-state index < -0.39 is 66.1 Å². The van der Waals surface area contributed by atoms with Gasteiger partial charge in [-0.05, 0) is 74.4 Å². The van der Waals surface area contributed by atoms with Crippen molar-refractivity contribution >= 4 is 119 Å². The van der Waals surface area contributed by atoms with Crippen LogP contribution in [0.2, 0.25) is 0 Å². The van der Waals surface area contributed by atoms with Crippen LogP contribution in [0.5, 0.6) is 0 Å². The lowest BCUT2D eigenvalue weighted by atomic mass is 9.84. The van der Waals surface area contributed by atoms with Crippen LogP contribution in [0, 0.1) is 17.3 Å². The van der Waals surface area contributed by atoms with Crippen LogP contribution >= 0.6 is 78.8 Å². The van der Waals surface area contributed by atoms with Crippen LogP contribution in [0.4, 0.5) is 13.2 Å². The molecular formula is C48H69F3N8O7S6. The Balaban J connectivity index is 0.00000355. The Kier molecular flexibility index (Phi) is 23.7. The van der Waals surface area contributed by atoms with Crippen molar-refractivity contribution in [1.82, 2.24) is 40.1 Å². The number of ether oxygens (including phenoxy) is 2. The number of rotatable bonds is 10. The highest BCUT2D eigenvalue weighted by Gasteiger charge is 2.41. The van der Waals surface area contributed by atoms with Gasteiger partial charge in [-0.1, -0.05) is 40.3 Å². The van der Waals surface area contributed by atoms with Gasteiger partial charge in [0.25, 0.3) is 5.91 Å². The van der Waals surface area contributed by atoms with Gasteiger partial charge in [-0.3, -0.25) is 34.0 Å². The Hall–Kier alpha value is -3.91. The number of hydrogen-bond acceptors (Lipinski definition) is 11. The van der Waals surface area contributed by atoms with Gasteiger partial charge in [0.2, 0.25) is 17.7 Å². The average molecular weight is 1120 g/mol. The van der Waals surface area contributed by atoms with E-state index in [1.807, 2.05) is 19.9 Å². The first-order valence-electron chi connectivity index (χ1n) is 22.6. The molecule has 4 aromatic rings. The lowest BCUT2D eigenvalue weighted by molar-refractivity contribution is -0.155. The molecule has 15 nitrogen and oxygen atoms in total. The van der Waals surface area contributed by atoms with Gasteiger partial charge in [0.15, 0.2) is 0 Å². The third-order valence-electron chi connectivity index (χ3n) is 12.9. The molecule has 24 heteroatoms. The molecule has 3 aliphatic heterocycles. The minimum atomic E-state index is -4.59. The molecule has 7 rings (SSSR count). The molecular weight excluding hydrogens is 1050 g/mol. The lowest BCUT2D eigenvalue weighted by Gasteiger charge is -2.36. The standard InChI is InChI=1S/C48H59F3N8O7S.5H2S/c1-9-39(60)57-19-16-30(23-57)44(62)56(7)41(27(2)3)43(61)54-35-21-38-53-36(24-67-38)29-14-15-37-32(20-29)33(22-47(5,6)26-66-46(64)34-13-11-18-59(55-34)45(35)63)42(58(37)25-48(49,50)51)31-12-10-17-52-40(31)28(4)65-8;;;;;/h9-10,12,14-15,17,20,24,27-28,30,34-35,41,55H,1,11,13,16,18-19,21-23,25-26H2,2-8H3,(H,54,61);5*1H2/t28-,30-,34-,35-,41-;;;;;/m0...../s1. The van der Waals surface area contributed by atoms with Gasteiger partial charge < -0.3 is 29.2 Å². The molecule has 6 heterocycles. The fourth-order valence-corrected chi connectivity index (χ4v) is 10.3. The molecule has 0 unspecified atom stereocenters. The summed E-state index contributed by atoms with van der Waals surface area (Å²) in [5.41, 5.74) is 5.56. The molecule has 0 saturated carbocycles. The van der Waals surface area contributed by atoms with Crippen LogP contribution in [0.1, 0.15) is 76.3 Å². The van der Waals surface area contributed by atoms with Crippen molar-refractivity contribution in [2.45, 2.75) is 104 Å². The SMILES string of the molecule is C=CC(=O)N1CC[C@H](C(=O)N(C)[C@H](C(=O)N[C@H]2Cc3nc(cs3)-c3ccc4c(c3)c(c(-c3cccnc3[C@H](C)OC)n4CC(F)(F)F)CC(C)(C)COC(=O)[C@@H]3CCCN(N3)C2=O)C(C)C)C1.S.S.S.S.S. The average Bonchev–Trinajstić information content (AvgIpc) is 4.05. The van der Waals surface area contributed by atoms with E-state index in [9.17, 15) is 37.1 Å². The highest BCUT2D eigenvalue weighted by Crippen LogP contribution is 2.43. The van der Waals surface area contributed by atoms with E-state index in [1.54, 1.807) is 68.6 Å².